The molecule has 1 unspecified atom stereocenters. The van der Waals surface area contributed by atoms with Gasteiger partial charge >= 0.3 is 0 Å². The summed E-state index contributed by atoms with van der Waals surface area (Å²) in [6.45, 7) is 0.551. The molecule has 0 aliphatic carbocycles. The molecule has 2 aromatic rings. The number of non-ortho nitro benzene ring substituents is 1. The summed E-state index contributed by atoms with van der Waals surface area (Å²) in [5.41, 5.74) is 0.751. The number of nitro benzene ring substituents is 1. The average molecular weight is 346 g/mol. The van der Waals surface area contributed by atoms with E-state index in [4.69, 9.17) is 0 Å². The standard InChI is InChI=1S/C15H14N4O4S/c1-17-13(20)7-6-12(16-17)14(21)18-8-9-24-15(18)10-2-4-11(5-3-10)19(22)23/h2-7,15H,8-9H2,1H3. The lowest BCUT2D eigenvalue weighted by atomic mass is 10.2. The Morgan fingerprint density at radius 3 is 2.62 bits per heavy atom. The topological polar surface area (TPSA) is 98.3 Å². The van der Waals surface area contributed by atoms with Crippen molar-refractivity contribution in [1.82, 2.24) is 14.7 Å². The highest BCUT2D eigenvalue weighted by Crippen LogP contribution is 2.38. The number of carbonyl (C=O) groups is 1. The summed E-state index contributed by atoms with van der Waals surface area (Å²) in [7, 11) is 1.49. The summed E-state index contributed by atoms with van der Waals surface area (Å²) < 4.78 is 1.12. The number of carbonyl (C=O) groups excluding carboxylic acids is 1. The molecule has 1 aromatic heterocycles. The predicted octanol–water partition coefficient (Wildman–Crippen LogP) is 1.58. The fraction of sp³-hybridized carbons (Fsp3) is 0.267. The van der Waals surface area contributed by atoms with E-state index >= 15 is 0 Å². The predicted molar refractivity (Wildman–Crippen MR) is 88.8 cm³/mol. The summed E-state index contributed by atoms with van der Waals surface area (Å²) >= 11 is 1.59. The van der Waals surface area contributed by atoms with Crippen LogP contribution in [0.5, 0.6) is 0 Å². The first kappa shape index (κ1) is 16.2. The number of thioether (sulfide) groups is 1. The fourth-order valence-corrected chi connectivity index (χ4v) is 3.73. The lowest BCUT2D eigenvalue weighted by Gasteiger charge is -2.23. The van der Waals surface area contributed by atoms with Gasteiger partial charge < -0.3 is 4.90 Å². The number of benzene rings is 1. The molecule has 1 saturated heterocycles. The highest BCUT2D eigenvalue weighted by Gasteiger charge is 2.32. The van der Waals surface area contributed by atoms with Crippen LogP contribution in [-0.4, -0.2) is 37.8 Å². The highest BCUT2D eigenvalue weighted by molar-refractivity contribution is 7.99. The van der Waals surface area contributed by atoms with Crippen molar-refractivity contribution in [3.8, 4) is 0 Å². The molecule has 8 nitrogen and oxygen atoms in total. The molecule has 1 aliphatic rings. The number of rotatable bonds is 3. The van der Waals surface area contributed by atoms with Crippen LogP contribution in [0.1, 0.15) is 21.4 Å². The Kier molecular flexibility index (Phi) is 4.34. The maximum atomic E-state index is 12.7. The van der Waals surface area contributed by atoms with Crippen molar-refractivity contribution >= 4 is 23.4 Å². The van der Waals surface area contributed by atoms with Crippen molar-refractivity contribution in [2.24, 2.45) is 7.05 Å². The van der Waals surface area contributed by atoms with E-state index in [1.54, 1.807) is 28.8 Å². The van der Waals surface area contributed by atoms with Crippen LogP contribution >= 0.6 is 11.8 Å². The van der Waals surface area contributed by atoms with E-state index in [-0.39, 0.29) is 28.2 Å². The number of aromatic nitrogens is 2. The van der Waals surface area contributed by atoms with Crippen LogP contribution in [0.25, 0.3) is 0 Å². The van der Waals surface area contributed by atoms with Crippen molar-refractivity contribution in [2.75, 3.05) is 12.3 Å². The van der Waals surface area contributed by atoms with Gasteiger partial charge in [-0.3, -0.25) is 19.7 Å². The first-order valence-electron chi connectivity index (χ1n) is 7.18. The van der Waals surface area contributed by atoms with Crippen molar-refractivity contribution in [3.63, 3.8) is 0 Å². The van der Waals surface area contributed by atoms with E-state index in [1.807, 2.05) is 0 Å². The van der Waals surface area contributed by atoms with Crippen LogP contribution in [0.3, 0.4) is 0 Å². The van der Waals surface area contributed by atoms with Crippen LogP contribution in [0.2, 0.25) is 0 Å². The first-order valence-corrected chi connectivity index (χ1v) is 8.23. The van der Waals surface area contributed by atoms with Crippen LogP contribution in [0.4, 0.5) is 5.69 Å². The molecule has 0 spiro atoms. The van der Waals surface area contributed by atoms with Crippen LogP contribution < -0.4 is 5.56 Å². The van der Waals surface area contributed by atoms with Crippen LogP contribution in [0.15, 0.2) is 41.2 Å². The van der Waals surface area contributed by atoms with Gasteiger partial charge in [0.25, 0.3) is 17.2 Å². The molecular formula is C15H14N4O4S. The molecule has 2 heterocycles. The quantitative estimate of drug-likeness (QED) is 0.618. The molecule has 1 fully saturated rings. The highest BCUT2D eigenvalue weighted by atomic mass is 32.2. The number of nitrogens with zero attached hydrogens (tertiary/aromatic N) is 4. The summed E-state index contributed by atoms with van der Waals surface area (Å²) in [4.78, 5) is 36.1. The zero-order valence-corrected chi connectivity index (χ0v) is 13.6. The summed E-state index contributed by atoms with van der Waals surface area (Å²) in [5.74, 6) is 0.498. The minimum atomic E-state index is -0.455. The van der Waals surface area contributed by atoms with Gasteiger partial charge in [0, 0.05) is 37.5 Å². The Hall–Kier alpha value is -2.68. The fourth-order valence-electron chi connectivity index (χ4n) is 2.48. The molecule has 9 heteroatoms. The van der Waals surface area contributed by atoms with Gasteiger partial charge in [-0.15, -0.1) is 11.8 Å². The third-order valence-corrected chi connectivity index (χ3v) is 4.98. The molecule has 0 bridgehead atoms. The average Bonchev–Trinajstić information content (AvgIpc) is 3.06. The van der Waals surface area contributed by atoms with Crippen molar-refractivity contribution in [2.45, 2.75) is 5.37 Å². The van der Waals surface area contributed by atoms with E-state index in [9.17, 15) is 19.7 Å². The SMILES string of the molecule is Cn1nc(C(=O)N2CCSC2c2ccc([N+](=O)[O-])cc2)ccc1=O. The first-order chi connectivity index (χ1) is 11.5. The molecule has 0 saturated carbocycles. The molecule has 1 amide bonds. The maximum absolute atomic E-state index is 12.7. The molecule has 24 heavy (non-hydrogen) atoms. The number of hydrogen-bond donors (Lipinski definition) is 0. The largest absolute Gasteiger partial charge is 0.320 e. The van der Waals surface area contributed by atoms with E-state index in [0.717, 1.165) is 16.0 Å². The van der Waals surface area contributed by atoms with Crippen molar-refractivity contribution in [1.29, 1.82) is 0 Å². The van der Waals surface area contributed by atoms with Gasteiger partial charge in [0.2, 0.25) is 0 Å². The molecule has 1 aliphatic heterocycles. The maximum Gasteiger partial charge on any atom is 0.275 e. The normalized spacial score (nSPS) is 17.0. The van der Waals surface area contributed by atoms with Gasteiger partial charge in [-0.25, -0.2) is 4.68 Å². The second kappa shape index (κ2) is 6.44. The van der Waals surface area contributed by atoms with Gasteiger partial charge in [0.05, 0.1) is 4.92 Å². The number of aryl methyl sites for hydroxylation is 1. The van der Waals surface area contributed by atoms with Gasteiger partial charge in [-0.2, -0.15) is 5.10 Å². The minimum Gasteiger partial charge on any atom is -0.320 e. The lowest BCUT2D eigenvalue weighted by molar-refractivity contribution is -0.384. The summed E-state index contributed by atoms with van der Waals surface area (Å²) in [5, 5.41) is 14.5. The Bertz CT molecular complexity index is 849. The molecule has 1 aromatic carbocycles. The van der Waals surface area contributed by atoms with Crippen molar-refractivity contribution < 1.29 is 9.72 Å². The Morgan fingerprint density at radius 1 is 1.29 bits per heavy atom. The van der Waals surface area contributed by atoms with Gasteiger partial charge in [0.1, 0.15) is 11.1 Å². The molecule has 0 N–H and O–H groups in total. The van der Waals surface area contributed by atoms with Crippen LogP contribution in [-0.2, 0) is 7.05 Å². The molecule has 124 valence electrons. The van der Waals surface area contributed by atoms with E-state index in [0.29, 0.717) is 6.54 Å². The molecular weight excluding hydrogens is 332 g/mol. The van der Waals surface area contributed by atoms with Gasteiger partial charge in [-0.1, -0.05) is 0 Å². The van der Waals surface area contributed by atoms with E-state index in [1.165, 1.54) is 31.3 Å². The molecule has 1 atom stereocenters. The minimum absolute atomic E-state index is 0.0133. The summed E-state index contributed by atoms with van der Waals surface area (Å²) in [6.07, 6.45) is 0. The Morgan fingerprint density at radius 2 is 2.00 bits per heavy atom. The number of amides is 1. The zero-order chi connectivity index (χ0) is 17.3. The Labute approximate surface area is 141 Å². The zero-order valence-electron chi connectivity index (χ0n) is 12.8. The van der Waals surface area contributed by atoms with Crippen LogP contribution in [0, 0.1) is 10.1 Å². The van der Waals surface area contributed by atoms with Gasteiger partial charge in [0.15, 0.2) is 0 Å². The van der Waals surface area contributed by atoms with Crippen molar-refractivity contribution in [3.05, 3.63) is 68.1 Å². The molecule has 0 radical (unpaired) electrons. The second-order valence-electron chi connectivity index (χ2n) is 5.25. The third-order valence-electron chi connectivity index (χ3n) is 3.72. The van der Waals surface area contributed by atoms with E-state index in [2.05, 4.69) is 5.10 Å². The van der Waals surface area contributed by atoms with E-state index < -0.39 is 4.92 Å². The third kappa shape index (κ3) is 3.02. The monoisotopic (exact) mass is 346 g/mol. The van der Waals surface area contributed by atoms with Gasteiger partial charge in [-0.05, 0) is 23.8 Å². The number of nitro groups is 1. The smallest absolute Gasteiger partial charge is 0.275 e. The molecule has 3 rings (SSSR count). The Balaban J connectivity index is 1.86. The lowest BCUT2D eigenvalue weighted by Crippen LogP contribution is -2.33. The second-order valence-corrected chi connectivity index (χ2v) is 6.44. The number of hydrogen-bond acceptors (Lipinski definition) is 6. The summed E-state index contributed by atoms with van der Waals surface area (Å²) in [6, 6.07) is 8.92.